The van der Waals surface area contributed by atoms with Gasteiger partial charge >= 0.3 is 11.9 Å². The van der Waals surface area contributed by atoms with Crippen molar-refractivity contribution in [1.29, 1.82) is 0 Å². The van der Waals surface area contributed by atoms with Gasteiger partial charge in [-0.2, -0.15) is 0 Å². The third-order valence-corrected chi connectivity index (χ3v) is 2.28. The van der Waals surface area contributed by atoms with Crippen LogP contribution in [0.4, 0.5) is 0 Å². The monoisotopic (exact) mass is 200 g/mol. The molecule has 3 N–H and O–H groups in total. The normalized spacial score (nSPS) is 21.7. The topological polar surface area (TPSA) is 101 Å². The van der Waals surface area contributed by atoms with Gasteiger partial charge in [0, 0.05) is 6.54 Å². The summed E-state index contributed by atoms with van der Waals surface area (Å²) in [4.78, 5) is 33.5. The molecule has 1 rings (SSSR count). The van der Waals surface area contributed by atoms with Gasteiger partial charge < -0.3 is 15.7 Å². The van der Waals surface area contributed by atoms with E-state index in [0.717, 1.165) is 11.3 Å². The summed E-state index contributed by atoms with van der Waals surface area (Å²) < 4.78 is 0. The molecule has 0 bridgehead atoms. The maximum atomic E-state index is 11.1. The lowest BCUT2D eigenvalue weighted by Crippen LogP contribution is -2.52. The minimum absolute atomic E-state index is 0.290. The van der Waals surface area contributed by atoms with Crippen molar-refractivity contribution in [3.63, 3.8) is 0 Å². The van der Waals surface area contributed by atoms with Gasteiger partial charge in [-0.25, -0.2) is 4.79 Å². The number of piperidine rings is 1. The molecular weight excluding hydrogens is 188 g/mol. The second-order valence-electron chi connectivity index (χ2n) is 3.22. The Morgan fingerprint density at radius 1 is 1.29 bits per heavy atom. The molecular formula is C8H12N2O4. The standard InChI is InChI=1S/C8H12N2O4/c9-6(11)5-3-1-2-4-10(5)7(12)8(13)14/h5H,1-4H2,(H2,9,11)(H,13,14). The zero-order valence-corrected chi connectivity index (χ0v) is 7.60. The number of carboxylic acid groups (broad SMARTS) is 1. The number of rotatable bonds is 1. The molecule has 1 saturated heterocycles. The molecule has 0 radical (unpaired) electrons. The fourth-order valence-electron chi connectivity index (χ4n) is 1.59. The smallest absolute Gasteiger partial charge is 0.394 e. The molecule has 2 amide bonds. The number of aliphatic carboxylic acids is 1. The van der Waals surface area contributed by atoms with E-state index in [1.165, 1.54) is 0 Å². The van der Waals surface area contributed by atoms with E-state index in [9.17, 15) is 14.4 Å². The zero-order valence-electron chi connectivity index (χ0n) is 7.60. The zero-order chi connectivity index (χ0) is 10.7. The van der Waals surface area contributed by atoms with E-state index in [2.05, 4.69) is 0 Å². The van der Waals surface area contributed by atoms with Gasteiger partial charge in [0.2, 0.25) is 5.91 Å². The molecule has 0 aromatic rings. The quantitative estimate of drug-likeness (QED) is 0.526. The Kier molecular flexibility index (Phi) is 3.06. The van der Waals surface area contributed by atoms with Gasteiger partial charge in [0.25, 0.3) is 0 Å². The van der Waals surface area contributed by atoms with Crippen molar-refractivity contribution in [3.8, 4) is 0 Å². The highest BCUT2D eigenvalue weighted by Crippen LogP contribution is 2.16. The van der Waals surface area contributed by atoms with Crippen molar-refractivity contribution >= 4 is 17.8 Å². The van der Waals surface area contributed by atoms with E-state index in [1.807, 2.05) is 0 Å². The van der Waals surface area contributed by atoms with Gasteiger partial charge in [-0.3, -0.25) is 9.59 Å². The Hall–Kier alpha value is -1.59. The third kappa shape index (κ3) is 2.01. The number of hydrogen-bond donors (Lipinski definition) is 2. The van der Waals surface area contributed by atoms with E-state index in [-0.39, 0.29) is 0 Å². The van der Waals surface area contributed by atoms with Gasteiger partial charge in [-0.05, 0) is 19.3 Å². The predicted octanol–water partition coefficient (Wildman–Crippen LogP) is -1.06. The lowest BCUT2D eigenvalue weighted by Gasteiger charge is -2.32. The van der Waals surface area contributed by atoms with Crippen molar-refractivity contribution in [1.82, 2.24) is 4.90 Å². The predicted molar refractivity (Wildman–Crippen MR) is 46.2 cm³/mol. The van der Waals surface area contributed by atoms with Crippen molar-refractivity contribution in [2.75, 3.05) is 6.54 Å². The van der Waals surface area contributed by atoms with Crippen molar-refractivity contribution in [2.45, 2.75) is 25.3 Å². The van der Waals surface area contributed by atoms with E-state index in [0.29, 0.717) is 19.4 Å². The summed E-state index contributed by atoms with van der Waals surface area (Å²) in [6.45, 7) is 0.290. The summed E-state index contributed by atoms with van der Waals surface area (Å²) in [6.07, 6.45) is 1.95. The largest absolute Gasteiger partial charge is 0.474 e. The van der Waals surface area contributed by atoms with Crippen LogP contribution in [0, 0.1) is 0 Å². The van der Waals surface area contributed by atoms with Crippen LogP contribution < -0.4 is 5.73 Å². The Bertz CT molecular complexity index is 277. The highest BCUT2D eigenvalue weighted by Gasteiger charge is 2.33. The number of nitrogens with zero attached hydrogens (tertiary/aromatic N) is 1. The van der Waals surface area contributed by atoms with Gasteiger partial charge in [0.1, 0.15) is 6.04 Å². The molecule has 1 heterocycles. The molecule has 0 spiro atoms. The number of primary amides is 1. The fraction of sp³-hybridized carbons (Fsp3) is 0.625. The van der Waals surface area contributed by atoms with Gasteiger partial charge in [0.05, 0.1) is 0 Å². The minimum atomic E-state index is -1.54. The van der Waals surface area contributed by atoms with Crippen LogP contribution in [0.5, 0.6) is 0 Å². The first-order valence-corrected chi connectivity index (χ1v) is 4.37. The second kappa shape index (κ2) is 4.08. The summed E-state index contributed by atoms with van der Waals surface area (Å²) in [5, 5.41) is 8.49. The molecule has 0 aliphatic carbocycles. The molecule has 1 fully saturated rings. The van der Waals surface area contributed by atoms with Crippen molar-refractivity contribution < 1.29 is 19.5 Å². The lowest BCUT2D eigenvalue weighted by molar-refractivity contribution is -0.159. The van der Waals surface area contributed by atoms with Gasteiger partial charge in [-0.1, -0.05) is 0 Å². The Morgan fingerprint density at radius 2 is 1.93 bits per heavy atom. The molecule has 6 heteroatoms. The lowest BCUT2D eigenvalue weighted by atomic mass is 10.0. The Morgan fingerprint density at radius 3 is 2.43 bits per heavy atom. The summed E-state index contributed by atoms with van der Waals surface area (Å²) in [5.41, 5.74) is 5.07. The second-order valence-corrected chi connectivity index (χ2v) is 3.22. The van der Waals surface area contributed by atoms with Crippen LogP contribution in [0.25, 0.3) is 0 Å². The maximum Gasteiger partial charge on any atom is 0.394 e. The Balaban J connectivity index is 2.77. The van der Waals surface area contributed by atoms with Crippen LogP contribution in [0.3, 0.4) is 0 Å². The van der Waals surface area contributed by atoms with Gasteiger partial charge in [-0.15, -0.1) is 0 Å². The van der Waals surface area contributed by atoms with E-state index >= 15 is 0 Å². The first kappa shape index (κ1) is 10.5. The van der Waals surface area contributed by atoms with E-state index in [4.69, 9.17) is 10.8 Å². The van der Waals surface area contributed by atoms with E-state index < -0.39 is 23.8 Å². The van der Waals surface area contributed by atoms with Crippen LogP contribution in [0.1, 0.15) is 19.3 Å². The molecule has 1 aliphatic heterocycles. The number of carboxylic acids is 1. The van der Waals surface area contributed by atoms with Crippen LogP contribution in [0.15, 0.2) is 0 Å². The third-order valence-electron chi connectivity index (χ3n) is 2.28. The minimum Gasteiger partial charge on any atom is -0.474 e. The average Bonchev–Trinajstić information content (AvgIpc) is 2.16. The van der Waals surface area contributed by atoms with Crippen molar-refractivity contribution in [3.05, 3.63) is 0 Å². The highest BCUT2D eigenvalue weighted by atomic mass is 16.4. The first-order valence-electron chi connectivity index (χ1n) is 4.37. The number of hydrogen-bond acceptors (Lipinski definition) is 3. The summed E-state index contributed by atoms with van der Waals surface area (Å²) in [5.74, 6) is -3.23. The molecule has 0 aromatic carbocycles. The summed E-state index contributed by atoms with van der Waals surface area (Å²) in [7, 11) is 0. The molecule has 0 aromatic heterocycles. The highest BCUT2D eigenvalue weighted by molar-refractivity contribution is 6.31. The first-order chi connectivity index (χ1) is 6.54. The molecule has 78 valence electrons. The van der Waals surface area contributed by atoms with Crippen molar-refractivity contribution in [2.24, 2.45) is 5.73 Å². The summed E-state index contributed by atoms with van der Waals surface area (Å²) >= 11 is 0. The Labute approximate surface area is 80.7 Å². The molecule has 1 unspecified atom stereocenters. The van der Waals surface area contributed by atoms with Gasteiger partial charge in [0.15, 0.2) is 0 Å². The molecule has 1 atom stereocenters. The number of carbonyl (C=O) groups excluding carboxylic acids is 2. The van der Waals surface area contributed by atoms with Crippen LogP contribution in [0.2, 0.25) is 0 Å². The van der Waals surface area contributed by atoms with Crippen LogP contribution in [-0.4, -0.2) is 40.4 Å². The average molecular weight is 200 g/mol. The molecule has 1 aliphatic rings. The fourth-order valence-corrected chi connectivity index (χ4v) is 1.59. The number of carbonyl (C=O) groups is 3. The maximum absolute atomic E-state index is 11.1. The number of nitrogens with two attached hydrogens (primary N) is 1. The SMILES string of the molecule is NC(=O)C1CCCCN1C(=O)C(=O)O. The van der Waals surface area contributed by atoms with E-state index in [1.54, 1.807) is 0 Å². The number of likely N-dealkylation sites (tertiary alicyclic amines) is 1. The number of amides is 2. The van der Waals surface area contributed by atoms with Crippen LogP contribution in [-0.2, 0) is 14.4 Å². The van der Waals surface area contributed by atoms with Crippen LogP contribution >= 0.6 is 0 Å². The summed E-state index contributed by atoms with van der Waals surface area (Å²) in [6, 6.07) is -0.757. The molecule has 14 heavy (non-hydrogen) atoms. The molecule has 0 saturated carbocycles. The molecule has 6 nitrogen and oxygen atoms in total.